The molecule has 1 atom stereocenters. The molecule has 4 rings (SSSR count). The molecule has 3 aromatic rings. The molecule has 32 heavy (non-hydrogen) atoms. The molecule has 3 aromatic carbocycles. The van der Waals surface area contributed by atoms with E-state index in [9.17, 15) is 23.5 Å². The molecule has 0 saturated carbocycles. The van der Waals surface area contributed by atoms with Crippen LogP contribution in [0.25, 0.3) is 11.1 Å². The zero-order valence-electron chi connectivity index (χ0n) is 16.6. The molecule has 2 N–H and O–H groups in total. The summed E-state index contributed by atoms with van der Waals surface area (Å²) in [5, 5.41) is 10.9. The molecule has 0 unspecified atom stereocenters. The van der Waals surface area contributed by atoms with Crippen LogP contribution in [0.15, 0.2) is 60.7 Å². The van der Waals surface area contributed by atoms with Crippen LogP contribution >= 0.6 is 11.6 Å². The molecular formula is C24H18ClF2NO4. The second-order valence-corrected chi connectivity index (χ2v) is 7.76. The van der Waals surface area contributed by atoms with Gasteiger partial charge in [0.15, 0.2) is 0 Å². The summed E-state index contributed by atoms with van der Waals surface area (Å²) in [5.74, 6) is -3.39. The number of benzene rings is 3. The zero-order valence-corrected chi connectivity index (χ0v) is 17.4. The topological polar surface area (TPSA) is 75.6 Å². The molecule has 1 amide bonds. The van der Waals surface area contributed by atoms with Gasteiger partial charge in [0.05, 0.1) is 17.5 Å². The number of amides is 1. The van der Waals surface area contributed by atoms with E-state index in [1.807, 2.05) is 48.5 Å². The Morgan fingerprint density at radius 2 is 1.53 bits per heavy atom. The zero-order chi connectivity index (χ0) is 22.8. The van der Waals surface area contributed by atoms with Gasteiger partial charge in [-0.2, -0.15) is 0 Å². The first-order valence-electron chi connectivity index (χ1n) is 9.83. The predicted molar refractivity (Wildman–Crippen MR) is 115 cm³/mol. The molecule has 0 saturated heterocycles. The van der Waals surface area contributed by atoms with Crippen molar-refractivity contribution in [1.82, 2.24) is 5.32 Å². The molecule has 1 aliphatic rings. The molecule has 0 bridgehead atoms. The minimum Gasteiger partial charge on any atom is -0.481 e. The SMILES string of the molecule is O=C(O)C[C@@H](NC(=O)OCC1c2ccccc2-c2ccccc21)c1c(F)ccc(F)c1Cl. The summed E-state index contributed by atoms with van der Waals surface area (Å²) in [7, 11) is 0. The number of carbonyl (C=O) groups excluding carboxylic acids is 1. The van der Waals surface area contributed by atoms with Crippen LogP contribution in [0.3, 0.4) is 0 Å². The Balaban J connectivity index is 1.53. The van der Waals surface area contributed by atoms with Crippen molar-refractivity contribution in [3.05, 3.63) is 94.0 Å². The number of ether oxygens (including phenoxy) is 1. The Kier molecular flexibility index (Phi) is 6.10. The van der Waals surface area contributed by atoms with Gasteiger partial charge < -0.3 is 15.2 Å². The van der Waals surface area contributed by atoms with Gasteiger partial charge in [-0.15, -0.1) is 0 Å². The first-order chi connectivity index (χ1) is 15.4. The normalized spacial score (nSPS) is 13.2. The van der Waals surface area contributed by atoms with Crippen molar-refractivity contribution in [3.8, 4) is 11.1 Å². The van der Waals surface area contributed by atoms with E-state index in [0.29, 0.717) is 0 Å². The molecule has 0 aliphatic heterocycles. The molecule has 0 heterocycles. The summed E-state index contributed by atoms with van der Waals surface area (Å²) in [5.41, 5.74) is 3.66. The highest BCUT2D eigenvalue weighted by atomic mass is 35.5. The number of carboxylic acids is 1. The molecule has 0 fully saturated rings. The number of carboxylic acid groups (broad SMARTS) is 1. The predicted octanol–water partition coefficient (Wildman–Crippen LogP) is 5.67. The number of rotatable bonds is 6. The lowest BCUT2D eigenvalue weighted by atomic mass is 9.98. The van der Waals surface area contributed by atoms with Gasteiger partial charge in [-0.25, -0.2) is 13.6 Å². The number of fused-ring (bicyclic) bond motifs is 3. The highest BCUT2D eigenvalue weighted by Crippen LogP contribution is 2.44. The molecule has 164 valence electrons. The van der Waals surface area contributed by atoms with Crippen molar-refractivity contribution >= 4 is 23.7 Å². The van der Waals surface area contributed by atoms with Crippen LogP contribution in [0, 0.1) is 11.6 Å². The lowest BCUT2D eigenvalue weighted by Gasteiger charge is -2.20. The van der Waals surface area contributed by atoms with Gasteiger partial charge in [0, 0.05) is 11.5 Å². The van der Waals surface area contributed by atoms with Crippen LogP contribution < -0.4 is 5.32 Å². The molecule has 0 spiro atoms. The van der Waals surface area contributed by atoms with E-state index in [1.54, 1.807) is 0 Å². The summed E-state index contributed by atoms with van der Waals surface area (Å²) < 4.78 is 33.5. The average molecular weight is 458 g/mol. The summed E-state index contributed by atoms with van der Waals surface area (Å²) in [6.45, 7) is -0.0149. The maximum atomic E-state index is 14.3. The summed E-state index contributed by atoms with van der Waals surface area (Å²) in [4.78, 5) is 23.8. The molecule has 5 nitrogen and oxygen atoms in total. The summed E-state index contributed by atoms with van der Waals surface area (Å²) in [6.07, 6.45) is -1.66. The van der Waals surface area contributed by atoms with E-state index >= 15 is 0 Å². The van der Waals surface area contributed by atoms with Crippen molar-refractivity contribution in [2.24, 2.45) is 0 Å². The second kappa shape index (κ2) is 8.96. The van der Waals surface area contributed by atoms with Crippen molar-refractivity contribution in [1.29, 1.82) is 0 Å². The third-order valence-corrected chi connectivity index (χ3v) is 5.83. The average Bonchev–Trinajstić information content (AvgIpc) is 3.08. The van der Waals surface area contributed by atoms with Gasteiger partial charge >= 0.3 is 12.1 Å². The van der Waals surface area contributed by atoms with Gasteiger partial charge in [-0.05, 0) is 34.4 Å². The van der Waals surface area contributed by atoms with E-state index in [4.69, 9.17) is 16.3 Å². The Morgan fingerprint density at radius 1 is 0.969 bits per heavy atom. The first kappa shape index (κ1) is 21.8. The van der Waals surface area contributed by atoms with E-state index in [2.05, 4.69) is 5.32 Å². The fourth-order valence-electron chi connectivity index (χ4n) is 4.04. The molecule has 0 aromatic heterocycles. The van der Waals surface area contributed by atoms with Gasteiger partial charge in [-0.3, -0.25) is 4.79 Å². The van der Waals surface area contributed by atoms with Crippen LogP contribution in [-0.4, -0.2) is 23.8 Å². The van der Waals surface area contributed by atoms with Crippen molar-refractivity contribution in [2.75, 3.05) is 6.61 Å². The third kappa shape index (κ3) is 4.16. The Bertz CT molecular complexity index is 1150. The van der Waals surface area contributed by atoms with Crippen molar-refractivity contribution < 1.29 is 28.2 Å². The van der Waals surface area contributed by atoms with Gasteiger partial charge in [-0.1, -0.05) is 60.1 Å². The molecule has 1 aliphatic carbocycles. The first-order valence-corrected chi connectivity index (χ1v) is 10.2. The number of hydrogen-bond donors (Lipinski definition) is 2. The maximum absolute atomic E-state index is 14.3. The standard InChI is InChI=1S/C24H18ClF2NO4/c25-23-19(27)10-9-18(26)22(23)20(11-21(29)30)28-24(31)32-12-17-15-7-3-1-5-13(15)14-6-2-4-8-16(14)17/h1-10,17,20H,11-12H2,(H,28,31)(H,29,30)/t20-/m1/s1. The van der Waals surface area contributed by atoms with Crippen LogP contribution in [0.1, 0.15) is 35.1 Å². The van der Waals surface area contributed by atoms with Crippen LogP contribution in [-0.2, 0) is 9.53 Å². The number of carbonyl (C=O) groups is 2. The van der Waals surface area contributed by atoms with Crippen LogP contribution in [0.2, 0.25) is 5.02 Å². The minimum atomic E-state index is -1.41. The van der Waals surface area contributed by atoms with Gasteiger partial charge in [0.1, 0.15) is 18.2 Å². The molecule has 0 radical (unpaired) electrons. The quantitative estimate of drug-likeness (QED) is 0.467. The Hall–Kier alpha value is -3.45. The van der Waals surface area contributed by atoms with Gasteiger partial charge in [0.25, 0.3) is 0 Å². The molecular weight excluding hydrogens is 440 g/mol. The van der Waals surface area contributed by atoms with Crippen molar-refractivity contribution in [3.63, 3.8) is 0 Å². The summed E-state index contributed by atoms with van der Waals surface area (Å²) >= 11 is 5.85. The lowest BCUT2D eigenvalue weighted by molar-refractivity contribution is -0.137. The minimum absolute atomic E-state index is 0.0149. The molecule has 8 heteroatoms. The third-order valence-electron chi connectivity index (χ3n) is 5.44. The van der Waals surface area contributed by atoms with E-state index in [1.165, 1.54) is 0 Å². The van der Waals surface area contributed by atoms with Crippen LogP contribution in [0.5, 0.6) is 0 Å². The Labute approximate surface area is 187 Å². The fourth-order valence-corrected chi connectivity index (χ4v) is 4.33. The monoisotopic (exact) mass is 457 g/mol. The maximum Gasteiger partial charge on any atom is 0.407 e. The van der Waals surface area contributed by atoms with E-state index in [0.717, 1.165) is 34.4 Å². The number of halogens is 3. The number of aliphatic carboxylic acids is 1. The Morgan fingerprint density at radius 3 is 2.12 bits per heavy atom. The number of hydrogen-bond acceptors (Lipinski definition) is 3. The van der Waals surface area contributed by atoms with E-state index < -0.39 is 46.7 Å². The van der Waals surface area contributed by atoms with Crippen molar-refractivity contribution in [2.45, 2.75) is 18.4 Å². The largest absolute Gasteiger partial charge is 0.481 e. The van der Waals surface area contributed by atoms with Crippen LogP contribution in [0.4, 0.5) is 13.6 Å². The summed E-state index contributed by atoms with van der Waals surface area (Å²) in [6, 6.07) is 15.8. The fraction of sp³-hybridized carbons (Fsp3) is 0.167. The highest BCUT2D eigenvalue weighted by Gasteiger charge is 2.30. The lowest BCUT2D eigenvalue weighted by Crippen LogP contribution is -2.32. The van der Waals surface area contributed by atoms with Gasteiger partial charge in [0.2, 0.25) is 0 Å². The number of nitrogens with one attached hydrogen (secondary N) is 1. The second-order valence-electron chi connectivity index (χ2n) is 7.38. The van der Waals surface area contributed by atoms with E-state index in [-0.39, 0.29) is 12.5 Å². The number of alkyl carbamates (subject to hydrolysis) is 1. The highest BCUT2D eigenvalue weighted by molar-refractivity contribution is 6.31. The smallest absolute Gasteiger partial charge is 0.407 e.